The van der Waals surface area contributed by atoms with E-state index in [-0.39, 0.29) is 30.0 Å². The molecule has 5 nitrogen and oxygen atoms in total. The van der Waals surface area contributed by atoms with Gasteiger partial charge in [-0.15, -0.1) is 35.3 Å². The smallest absolute Gasteiger partial charge is 0.191 e. The molecule has 3 rings (SSSR count). The van der Waals surface area contributed by atoms with Crippen molar-refractivity contribution in [1.82, 2.24) is 15.5 Å². The van der Waals surface area contributed by atoms with Crippen LogP contribution in [0.25, 0.3) is 0 Å². The van der Waals surface area contributed by atoms with Crippen LogP contribution in [0.4, 0.5) is 0 Å². The number of hydrogen-bond donors (Lipinski definition) is 2. The standard InChI is InChI=1S/C21H30N4OS.HI/c1-3-22-21(23-11-13-26-2)24-15-19(17-7-5-4-6-8-17)25-12-9-20-18(16-25)10-14-27-20;/h4-8,10,14,19H,3,9,11-13,15-16H2,1-2H3,(H2,22,23,24);1H. The number of aliphatic imine (C=N–C) groups is 1. The number of ether oxygens (including phenoxy) is 1. The van der Waals surface area contributed by atoms with Gasteiger partial charge in [0, 0.05) is 38.2 Å². The number of guanidine groups is 1. The van der Waals surface area contributed by atoms with Gasteiger partial charge in [-0.2, -0.15) is 0 Å². The molecule has 0 saturated carbocycles. The van der Waals surface area contributed by atoms with Crippen molar-refractivity contribution >= 4 is 41.3 Å². The van der Waals surface area contributed by atoms with E-state index in [4.69, 9.17) is 9.73 Å². The zero-order chi connectivity index (χ0) is 18.9. The van der Waals surface area contributed by atoms with Gasteiger partial charge in [-0.05, 0) is 35.9 Å². The van der Waals surface area contributed by atoms with Crippen molar-refractivity contribution in [3.05, 3.63) is 57.8 Å². The zero-order valence-corrected chi connectivity index (χ0v) is 19.8. The summed E-state index contributed by atoms with van der Waals surface area (Å²) in [5.41, 5.74) is 2.80. The zero-order valence-electron chi connectivity index (χ0n) is 16.7. The van der Waals surface area contributed by atoms with Gasteiger partial charge in [0.25, 0.3) is 0 Å². The highest BCUT2D eigenvalue weighted by atomic mass is 127. The van der Waals surface area contributed by atoms with Crippen LogP contribution in [0.2, 0.25) is 0 Å². The molecule has 0 saturated heterocycles. The summed E-state index contributed by atoms with van der Waals surface area (Å²) in [6.07, 6.45) is 1.13. The van der Waals surface area contributed by atoms with Crippen molar-refractivity contribution in [2.75, 3.05) is 39.9 Å². The Labute approximate surface area is 189 Å². The predicted molar refractivity (Wildman–Crippen MR) is 129 cm³/mol. The SMILES string of the molecule is CCNC(=NCC(c1ccccc1)N1CCc2sccc2C1)NCCOC.I. The predicted octanol–water partition coefficient (Wildman–Crippen LogP) is 3.67. The average Bonchev–Trinajstić information content (AvgIpc) is 3.17. The second-order valence-corrected chi connectivity index (χ2v) is 7.66. The molecule has 0 amide bonds. The monoisotopic (exact) mass is 514 g/mol. The van der Waals surface area contributed by atoms with Crippen LogP contribution >= 0.6 is 35.3 Å². The van der Waals surface area contributed by atoms with Crippen LogP contribution in [0, 0.1) is 0 Å². The number of halogens is 1. The van der Waals surface area contributed by atoms with E-state index >= 15 is 0 Å². The number of methoxy groups -OCH3 is 1. The van der Waals surface area contributed by atoms with Gasteiger partial charge in [0.05, 0.1) is 19.2 Å². The third-order valence-electron chi connectivity index (χ3n) is 4.83. The molecule has 0 spiro atoms. The number of hydrogen-bond acceptors (Lipinski definition) is 4. The Morgan fingerprint density at radius 1 is 1.25 bits per heavy atom. The first-order valence-electron chi connectivity index (χ1n) is 9.67. The van der Waals surface area contributed by atoms with E-state index in [0.29, 0.717) is 6.61 Å². The van der Waals surface area contributed by atoms with Gasteiger partial charge < -0.3 is 15.4 Å². The second kappa shape index (κ2) is 12.4. The number of rotatable bonds is 8. The highest BCUT2D eigenvalue weighted by molar-refractivity contribution is 14.0. The molecule has 28 heavy (non-hydrogen) atoms. The molecule has 1 aliphatic rings. The van der Waals surface area contributed by atoms with Crippen LogP contribution in [0.1, 0.15) is 29.0 Å². The molecule has 0 aliphatic carbocycles. The molecule has 0 bridgehead atoms. The molecule has 1 aliphatic heterocycles. The maximum atomic E-state index is 5.13. The van der Waals surface area contributed by atoms with Crippen LogP contribution in [0.5, 0.6) is 0 Å². The Morgan fingerprint density at radius 2 is 2.07 bits per heavy atom. The molecular formula is C21H31IN4OS. The van der Waals surface area contributed by atoms with Gasteiger partial charge in [0.1, 0.15) is 0 Å². The fourth-order valence-corrected chi connectivity index (χ4v) is 4.32. The molecule has 2 heterocycles. The number of nitrogens with one attached hydrogen (secondary N) is 2. The first kappa shape index (κ1) is 23.1. The summed E-state index contributed by atoms with van der Waals surface area (Å²) in [4.78, 5) is 8.98. The highest BCUT2D eigenvalue weighted by Crippen LogP contribution is 2.30. The van der Waals surface area contributed by atoms with Crippen molar-refractivity contribution in [3.63, 3.8) is 0 Å². The summed E-state index contributed by atoms with van der Waals surface area (Å²) in [5, 5.41) is 8.88. The quantitative estimate of drug-likeness (QED) is 0.244. The van der Waals surface area contributed by atoms with E-state index in [1.807, 2.05) is 11.3 Å². The largest absolute Gasteiger partial charge is 0.383 e. The van der Waals surface area contributed by atoms with E-state index < -0.39 is 0 Å². The lowest BCUT2D eigenvalue weighted by Crippen LogP contribution is -2.40. The number of benzene rings is 1. The van der Waals surface area contributed by atoms with E-state index in [2.05, 4.69) is 64.2 Å². The van der Waals surface area contributed by atoms with Gasteiger partial charge in [-0.25, -0.2) is 0 Å². The van der Waals surface area contributed by atoms with Crippen molar-refractivity contribution in [3.8, 4) is 0 Å². The number of fused-ring (bicyclic) bond motifs is 1. The van der Waals surface area contributed by atoms with Crippen LogP contribution in [-0.4, -0.2) is 50.8 Å². The topological polar surface area (TPSA) is 48.9 Å². The number of nitrogens with zero attached hydrogens (tertiary/aromatic N) is 2. The third kappa shape index (κ3) is 6.43. The summed E-state index contributed by atoms with van der Waals surface area (Å²) >= 11 is 1.88. The molecule has 2 N–H and O–H groups in total. The lowest BCUT2D eigenvalue weighted by atomic mass is 10.0. The minimum Gasteiger partial charge on any atom is -0.383 e. The van der Waals surface area contributed by atoms with E-state index in [1.165, 1.54) is 16.0 Å². The molecule has 154 valence electrons. The first-order valence-corrected chi connectivity index (χ1v) is 10.5. The molecule has 2 aromatic rings. The van der Waals surface area contributed by atoms with Crippen LogP contribution in [0.3, 0.4) is 0 Å². The van der Waals surface area contributed by atoms with Gasteiger partial charge in [0.2, 0.25) is 0 Å². The molecule has 1 atom stereocenters. The normalized spacial score (nSPS) is 15.4. The number of thiophene rings is 1. The molecule has 1 unspecified atom stereocenters. The summed E-state index contributed by atoms with van der Waals surface area (Å²) in [6, 6.07) is 13.3. The second-order valence-electron chi connectivity index (χ2n) is 6.66. The molecule has 1 aromatic heterocycles. The fraction of sp³-hybridized carbons (Fsp3) is 0.476. The first-order chi connectivity index (χ1) is 13.3. The van der Waals surface area contributed by atoms with Crippen molar-refractivity contribution in [2.45, 2.75) is 25.9 Å². The van der Waals surface area contributed by atoms with Gasteiger partial charge in [0.15, 0.2) is 5.96 Å². The van der Waals surface area contributed by atoms with Crippen LogP contribution in [-0.2, 0) is 17.7 Å². The fourth-order valence-electron chi connectivity index (χ4n) is 3.43. The summed E-state index contributed by atoms with van der Waals surface area (Å²) in [6.45, 7) is 7.16. The Bertz CT molecular complexity index is 722. The minimum absolute atomic E-state index is 0. The average molecular weight is 514 g/mol. The maximum absolute atomic E-state index is 5.13. The minimum atomic E-state index is 0. The molecule has 7 heteroatoms. The van der Waals surface area contributed by atoms with Gasteiger partial charge >= 0.3 is 0 Å². The Morgan fingerprint density at radius 3 is 2.82 bits per heavy atom. The summed E-state index contributed by atoms with van der Waals surface area (Å²) in [7, 11) is 1.71. The Kier molecular flexibility index (Phi) is 10.3. The third-order valence-corrected chi connectivity index (χ3v) is 5.85. The molecule has 0 fully saturated rings. The van der Waals surface area contributed by atoms with Gasteiger partial charge in [-0.1, -0.05) is 30.3 Å². The lowest BCUT2D eigenvalue weighted by molar-refractivity contribution is 0.185. The van der Waals surface area contributed by atoms with E-state index in [0.717, 1.165) is 45.1 Å². The highest BCUT2D eigenvalue weighted by Gasteiger charge is 2.25. The van der Waals surface area contributed by atoms with Gasteiger partial charge in [-0.3, -0.25) is 9.89 Å². The van der Waals surface area contributed by atoms with E-state index in [1.54, 1.807) is 7.11 Å². The van der Waals surface area contributed by atoms with Crippen LogP contribution < -0.4 is 10.6 Å². The van der Waals surface area contributed by atoms with Crippen molar-refractivity contribution < 1.29 is 4.74 Å². The van der Waals surface area contributed by atoms with E-state index in [9.17, 15) is 0 Å². The molecular weight excluding hydrogens is 483 g/mol. The molecule has 1 aromatic carbocycles. The van der Waals surface area contributed by atoms with Crippen LogP contribution in [0.15, 0.2) is 46.8 Å². The van der Waals surface area contributed by atoms with Crippen molar-refractivity contribution in [1.29, 1.82) is 0 Å². The Balaban J connectivity index is 0.00000280. The maximum Gasteiger partial charge on any atom is 0.191 e. The van der Waals surface area contributed by atoms with Crippen molar-refractivity contribution in [2.24, 2.45) is 4.99 Å². The Hall–Kier alpha value is -1.16. The summed E-state index contributed by atoms with van der Waals surface area (Å²) in [5.74, 6) is 0.851. The lowest BCUT2D eigenvalue weighted by Gasteiger charge is -2.34. The molecule has 0 radical (unpaired) electrons. The summed E-state index contributed by atoms with van der Waals surface area (Å²) < 4.78 is 5.13.